The first kappa shape index (κ1) is 76.7. The lowest BCUT2D eigenvalue weighted by atomic mass is 9.77. The molecule has 6 aromatic rings. The van der Waals surface area contributed by atoms with Crippen molar-refractivity contribution in [2.24, 2.45) is 11.8 Å². The van der Waals surface area contributed by atoms with E-state index in [1.54, 1.807) is 60.7 Å². The summed E-state index contributed by atoms with van der Waals surface area (Å²) in [5, 5.41) is 165. The van der Waals surface area contributed by atoms with Crippen molar-refractivity contribution < 1.29 is 91.9 Å². The van der Waals surface area contributed by atoms with Crippen LogP contribution >= 0.6 is 0 Å². The summed E-state index contributed by atoms with van der Waals surface area (Å²) in [4.78, 5) is 0. The molecule has 0 amide bonds. The van der Waals surface area contributed by atoms with Gasteiger partial charge >= 0.3 is 0 Å². The van der Waals surface area contributed by atoms with Crippen molar-refractivity contribution in [2.45, 2.75) is 192 Å². The second-order valence-corrected chi connectivity index (χ2v) is 23.1. The highest BCUT2D eigenvalue weighted by Gasteiger charge is 2.25. The summed E-state index contributed by atoms with van der Waals surface area (Å²) in [5.74, 6) is 1.42. The van der Waals surface area contributed by atoms with Gasteiger partial charge in [0.25, 0.3) is 0 Å². The Morgan fingerprint density at radius 2 is 0.647 bits per heavy atom. The SMILES string of the molecule is CC(C)(C)c1cc(CO)c(O)c(CO)c1.CC(C)C(C)c1cc(CO)c(O)c(CO)c1.CC(C)CC(C)(C)c1cc(CO)c(O)c(CO)c1.CCc1cc(CO)c(O)c(CO)c1.Cc1cc(CO)c(O)c(CO)c1.OCc1ccc(O)c(CO)c1. The topological polar surface area (TPSA) is 364 Å². The van der Waals surface area contributed by atoms with E-state index in [0.717, 1.165) is 40.7 Å². The van der Waals surface area contributed by atoms with E-state index < -0.39 is 0 Å². The molecule has 0 saturated heterocycles. The molecule has 0 spiro atoms. The summed E-state index contributed by atoms with van der Waals surface area (Å²) in [5.41, 5.74) is 10.7. The summed E-state index contributed by atoms with van der Waals surface area (Å²) in [6.07, 6.45) is 1.83. The molecule has 85 heavy (non-hydrogen) atoms. The van der Waals surface area contributed by atoms with Crippen LogP contribution in [0.5, 0.6) is 34.5 Å². The fourth-order valence-electron chi connectivity index (χ4n) is 8.96. The van der Waals surface area contributed by atoms with Crippen molar-refractivity contribution in [2.75, 3.05) is 0 Å². The molecule has 0 saturated carbocycles. The molecule has 18 N–H and O–H groups in total. The molecule has 474 valence electrons. The Bertz CT molecular complexity index is 2830. The van der Waals surface area contributed by atoms with Crippen molar-refractivity contribution in [1.82, 2.24) is 0 Å². The van der Waals surface area contributed by atoms with Crippen LogP contribution in [0.1, 0.15) is 183 Å². The van der Waals surface area contributed by atoms with Gasteiger partial charge in [0.05, 0.1) is 79.3 Å². The fourth-order valence-corrected chi connectivity index (χ4v) is 8.96. The number of aliphatic hydroxyl groups excluding tert-OH is 12. The van der Waals surface area contributed by atoms with E-state index in [-0.39, 0.29) is 125 Å². The van der Waals surface area contributed by atoms with Crippen LogP contribution in [0.15, 0.2) is 78.9 Å². The zero-order chi connectivity index (χ0) is 65.1. The quantitative estimate of drug-likeness (QED) is 0.0383. The van der Waals surface area contributed by atoms with Gasteiger partial charge in [-0.15, -0.1) is 0 Å². The predicted octanol–water partition coefficient (Wildman–Crippen LogP) is 8.51. The van der Waals surface area contributed by atoms with Crippen molar-refractivity contribution in [3.8, 4) is 34.5 Å². The second kappa shape index (κ2) is 37.3. The van der Waals surface area contributed by atoms with Crippen LogP contribution in [0, 0.1) is 18.8 Å². The van der Waals surface area contributed by atoms with E-state index in [2.05, 4.69) is 48.5 Å². The van der Waals surface area contributed by atoms with Gasteiger partial charge in [0, 0.05) is 61.2 Å². The molecule has 0 radical (unpaired) electrons. The van der Waals surface area contributed by atoms with Gasteiger partial charge in [-0.25, -0.2) is 0 Å². The van der Waals surface area contributed by atoms with Gasteiger partial charge in [-0.1, -0.05) is 99.9 Å². The van der Waals surface area contributed by atoms with E-state index in [9.17, 15) is 35.7 Å². The minimum Gasteiger partial charge on any atom is -0.508 e. The highest BCUT2D eigenvalue weighted by molar-refractivity contribution is 5.48. The molecule has 1 unspecified atom stereocenters. The number of aromatic hydroxyl groups is 6. The van der Waals surface area contributed by atoms with Gasteiger partial charge < -0.3 is 91.9 Å². The van der Waals surface area contributed by atoms with Gasteiger partial charge in [0.1, 0.15) is 34.5 Å². The first-order valence-corrected chi connectivity index (χ1v) is 28.2. The molecule has 0 bridgehead atoms. The van der Waals surface area contributed by atoms with Crippen LogP contribution in [0.4, 0.5) is 0 Å². The maximum Gasteiger partial charge on any atom is 0.126 e. The minimum atomic E-state index is -0.219. The van der Waals surface area contributed by atoms with Crippen LogP contribution in [0.3, 0.4) is 0 Å². The number of hydrogen-bond donors (Lipinski definition) is 18. The Kier molecular flexibility index (Phi) is 33.6. The average molecular weight is 1190 g/mol. The highest BCUT2D eigenvalue weighted by atomic mass is 16.3. The van der Waals surface area contributed by atoms with Crippen molar-refractivity contribution in [3.63, 3.8) is 0 Å². The number of rotatable bonds is 18. The van der Waals surface area contributed by atoms with Crippen molar-refractivity contribution >= 4 is 0 Å². The predicted molar refractivity (Wildman–Crippen MR) is 328 cm³/mol. The van der Waals surface area contributed by atoms with Gasteiger partial charge in [0.15, 0.2) is 0 Å². The molecule has 0 aliphatic heterocycles. The molecular formula is C67H98O18. The van der Waals surface area contributed by atoms with Gasteiger partial charge in [-0.05, 0) is 137 Å². The van der Waals surface area contributed by atoms with Crippen LogP contribution in [-0.4, -0.2) is 91.9 Å². The molecule has 6 aromatic carbocycles. The number of aliphatic hydroxyl groups is 12. The molecule has 6 rings (SSSR count). The van der Waals surface area contributed by atoms with E-state index in [4.69, 9.17) is 56.2 Å². The summed E-state index contributed by atoms with van der Waals surface area (Å²) < 4.78 is 0. The molecule has 0 aromatic heterocycles. The van der Waals surface area contributed by atoms with Crippen molar-refractivity contribution in [3.05, 3.63) is 173 Å². The molecule has 0 heterocycles. The molecule has 0 aliphatic carbocycles. The van der Waals surface area contributed by atoms with E-state index in [0.29, 0.717) is 84.5 Å². The summed E-state index contributed by atoms with van der Waals surface area (Å²) >= 11 is 0. The Morgan fingerprint density at radius 3 is 0.929 bits per heavy atom. The summed E-state index contributed by atoms with van der Waals surface area (Å²) in [6, 6.07) is 22.3. The fraction of sp³-hybridized carbons (Fsp3) is 0.463. The third kappa shape index (κ3) is 23.4. The Hall–Kier alpha value is -6.36. The Labute approximate surface area is 501 Å². The maximum absolute atomic E-state index is 9.84. The molecule has 18 nitrogen and oxygen atoms in total. The van der Waals surface area contributed by atoms with E-state index in [1.807, 2.05) is 46.8 Å². The number of benzene rings is 6. The first-order chi connectivity index (χ1) is 39.9. The Balaban J connectivity index is 0.000000514. The minimum absolute atomic E-state index is 0.00204. The Morgan fingerprint density at radius 1 is 0.353 bits per heavy atom. The molecule has 18 heteroatoms. The van der Waals surface area contributed by atoms with Gasteiger partial charge in [0.2, 0.25) is 0 Å². The molecular weight excluding hydrogens is 1090 g/mol. The standard InChI is InChI=1S/C15H24O3.C13H20O3.C12H18O3.C10H14O3.C9H12O3.C8H10O3/c1-10(2)7-15(3,4)13-5-11(8-16)14(18)12(6-13)9-17;1-8(2)9(3)10-4-11(6-14)13(16)12(5-10)7-15;1-12(2,3)10-4-8(6-13)11(15)9(5-10)7-14;1-2-7-3-8(5-11)10(13)9(4-7)6-12;1-6-2-7(4-10)9(12)8(3-6)5-11;9-4-6-1-2-8(11)7(3-6)5-10/h5-6,10,16-18H,7-9H2,1-4H3;4-5,8-9,14-16H,6-7H2,1-3H3;4-5,13-15H,6-7H2,1-3H3;3-4,11-13H,2,5-6H2,1H3;2-3,10-12H,4-5H2,1H3;1-3,9-11H,4-5H2. The normalized spacial score (nSPS) is 11.5. The largest absolute Gasteiger partial charge is 0.508 e. The second-order valence-electron chi connectivity index (χ2n) is 23.1. The third-order valence-electron chi connectivity index (χ3n) is 14.3. The zero-order valence-corrected chi connectivity index (χ0v) is 51.7. The number of phenols is 6. The highest BCUT2D eigenvalue weighted by Crippen LogP contribution is 2.37. The lowest BCUT2D eigenvalue weighted by molar-refractivity contribution is 0.262. The third-order valence-corrected chi connectivity index (χ3v) is 14.3. The van der Waals surface area contributed by atoms with Crippen molar-refractivity contribution in [1.29, 1.82) is 0 Å². The maximum atomic E-state index is 9.84. The lowest BCUT2D eigenvalue weighted by Crippen LogP contribution is -2.20. The van der Waals surface area contributed by atoms with E-state index >= 15 is 0 Å². The van der Waals surface area contributed by atoms with Crippen LogP contribution < -0.4 is 0 Å². The number of aryl methyl sites for hydroxylation is 2. The van der Waals surface area contributed by atoms with Crippen LogP contribution in [0.2, 0.25) is 0 Å². The molecule has 1 atom stereocenters. The lowest BCUT2D eigenvalue weighted by Gasteiger charge is -2.28. The number of hydrogen-bond acceptors (Lipinski definition) is 18. The summed E-state index contributed by atoms with van der Waals surface area (Å²) in [7, 11) is 0. The van der Waals surface area contributed by atoms with Gasteiger partial charge in [-0.3, -0.25) is 0 Å². The van der Waals surface area contributed by atoms with Gasteiger partial charge in [-0.2, -0.15) is 0 Å². The average Bonchev–Trinajstić information content (AvgIpc) is 2.73. The van der Waals surface area contributed by atoms with Crippen LogP contribution in [-0.2, 0) is 96.5 Å². The molecule has 0 fully saturated rings. The zero-order valence-electron chi connectivity index (χ0n) is 51.7. The smallest absolute Gasteiger partial charge is 0.126 e. The monoisotopic (exact) mass is 1190 g/mol. The summed E-state index contributed by atoms with van der Waals surface area (Å²) in [6.45, 7) is 22.5. The van der Waals surface area contributed by atoms with Crippen LogP contribution in [0.25, 0.3) is 0 Å². The molecule has 0 aliphatic rings. The van der Waals surface area contributed by atoms with E-state index in [1.165, 1.54) is 6.07 Å². The first-order valence-electron chi connectivity index (χ1n) is 28.2.